The van der Waals surface area contributed by atoms with Crippen LogP contribution in [0.3, 0.4) is 0 Å². The van der Waals surface area contributed by atoms with E-state index in [9.17, 15) is 19.2 Å². The second kappa shape index (κ2) is 13.9. The van der Waals surface area contributed by atoms with Crippen LogP contribution in [0.15, 0.2) is 30.3 Å². The molecule has 1 saturated heterocycles. The highest BCUT2D eigenvalue weighted by molar-refractivity contribution is 6.10. The summed E-state index contributed by atoms with van der Waals surface area (Å²) in [5.41, 5.74) is -1.67. The Morgan fingerprint density at radius 2 is 1.47 bits per heavy atom. The van der Waals surface area contributed by atoms with Gasteiger partial charge in [0.15, 0.2) is 0 Å². The van der Waals surface area contributed by atoms with Gasteiger partial charge in [0.05, 0.1) is 33.0 Å². The molecule has 1 amide bonds. The summed E-state index contributed by atoms with van der Waals surface area (Å²) in [4.78, 5) is 51.0. The average molecular weight is 508 g/mol. The van der Waals surface area contributed by atoms with Crippen LogP contribution >= 0.6 is 0 Å². The first-order valence-electron chi connectivity index (χ1n) is 12.4. The average Bonchev–Trinajstić information content (AvgIpc) is 2.87. The molecule has 10 heteroatoms. The molecule has 0 unspecified atom stereocenters. The van der Waals surface area contributed by atoms with Crippen molar-refractivity contribution in [3.05, 3.63) is 35.9 Å². The zero-order chi connectivity index (χ0) is 26.6. The van der Waals surface area contributed by atoms with Gasteiger partial charge >= 0.3 is 17.9 Å². The Hall–Kier alpha value is -2.98. The zero-order valence-corrected chi connectivity index (χ0v) is 21.5. The van der Waals surface area contributed by atoms with Crippen molar-refractivity contribution in [2.45, 2.75) is 64.7 Å². The molecule has 1 aromatic carbocycles. The van der Waals surface area contributed by atoms with Crippen LogP contribution in [0.1, 0.15) is 63.7 Å². The lowest BCUT2D eigenvalue weighted by Crippen LogP contribution is -2.61. The van der Waals surface area contributed by atoms with Crippen LogP contribution in [0.2, 0.25) is 0 Å². The van der Waals surface area contributed by atoms with Crippen molar-refractivity contribution in [3.8, 4) is 0 Å². The van der Waals surface area contributed by atoms with E-state index in [0.29, 0.717) is 38.0 Å². The second-order valence-corrected chi connectivity index (χ2v) is 8.57. The van der Waals surface area contributed by atoms with Crippen LogP contribution in [0.4, 0.5) is 0 Å². The first-order chi connectivity index (χ1) is 17.2. The summed E-state index contributed by atoms with van der Waals surface area (Å²) in [5, 5.41) is 2.60. The van der Waals surface area contributed by atoms with Gasteiger partial charge in [-0.1, -0.05) is 24.6 Å². The molecule has 0 aliphatic carbocycles. The third-order valence-electron chi connectivity index (χ3n) is 5.86. The summed E-state index contributed by atoms with van der Waals surface area (Å²) < 4.78 is 26.6. The van der Waals surface area contributed by atoms with E-state index in [1.54, 1.807) is 51.1 Å². The molecule has 10 nitrogen and oxygen atoms in total. The third kappa shape index (κ3) is 7.51. The van der Waals surface area contributed by atoms with Gasteiger partial charge in [0.2, 0.25) is 5.54 Å². The zero-order valence-electron chi connectivity index (χ0n) is 21.5. The smallest absolute Gasteiger partial charge is 0.366 e. The van der Waals surface area contributed by atoms with Crippen molar-refractivity contribution in [3.63, 3.8) is 0 Å². The Bertz CT molecular complexity index is 861. The monoisotopic (exact) mass is 507 g/mol. The van der Waals surface area contributed by atoms with Gasteiger partial charge in [-0.15, -0.1) is 0 Å². The Morgan fingerprint density at radius 3 is 2.00 bits per heavy atom. The number of hydrogen-bond acceptors (Lipinski definition) is 9. The number of amides is 1. The minimum Gasteiger partial charge on any atom is -0.464 e. The second-order valence-electron chi connectivity index (χ2n) is 8.57. The lowest BCUT2D eigenvalue weighted by Gasteiger charge is -2.35. The fourth-order valence-corrected chi connectivity index (χ4v) is 3.83. The number of nitrogens with one attached hydrogen (secondary N) is 1. The highest BCUT2D eigenvalue weighted by Gasteiger charge is 2.50. The molecule has 0 saturated carbocycles. The molecular weight excluding hydrogens is 470 g/mol. The van der Waals surface area contributed by atoms with E-state index in [4.69, 9.17) is 23.7 Å². The first-order valence-corrected chi connectivity index (χ1v) is 12.4. The van der Waals surface area contributed by atoms with E-state index in [2.05, 4.69) is 5.32 Å². The van der Waals surface area contributed by atoms with Crippen molar-refractivity contribution in [1.29, 1.82) is 0 Å². The number of ether oxygens (including phenoxy) is 5. The van der Waals surface area contributed by atoms with Crippen molar-refractivity contribution in [1.82, 2.24) is 5.32 Å². The molecule has 0 bridgehead atoms. The maximum absolute atomic E-state index is 13.0. The molecule has 200 valence electrons. The molecule has 1 heterocycles. The summed E-state index contributed by atoms with van der Waals surface area (Å²) in [5.74, 6) is -4.26. The summed E-state index contributed by atoms with van der Waals surface area (Å²) in [6.45, 7) is 7.41. The predicted molar refractivity (Wildman–Crippen MR) is 129 cm³/mol. The maximum Gasteiger partial charge on any atom is 0.366 e. The number of hydrogen-bond donors (Lipinski definition) is 1. The number of carbonyl (C=O) groups excluding carboxylic acids is 4. The van der Waals surface area contributed by atoms with Crippen LogP contribution < -0.4 is 5.32 Å². The van der Waals surface area contributed by atoms with Crippen LogP contribution in [0.5, 0.6) is 0 Å². The maximum atomic E-state index is 13.0. The van der Waals surface area contributed by atoms with Gasteiger partial charge in [0.25, 0.3) is 11.7 Å². The summed E-state index contributed by atoms with van der Waals surface area (Å²) in [6.07, 6.45) is 1.68. The minimum absolute atomic E-state index is 0.00177. The van der Waals surface area contributed by atoms with Crippen LogP contribution in [-0.2, 0) is 38.1 Å². The number of esters is 3. The Morgan fingerprint density at radius 1 is 0.917 bits per heavy atom. The van der Waals surface area contributed by atoms with Crippen molar-refractivity contribution >= 4 is 23.8 Å². The molecular formula is C26H37NO9. The highest BCUT2D eigenvalue weighted by atomic mass is 16.7. The number of benzene rings is 1. The Balaban J connectivity index is 2.05. The molecule has 0 spiro atoms. The van der Waals surface area contributed by atoms with Gasteiger partial charge in [0, 0.05) is 18.4 Å². The van der Waals surface area contributed by atoms with E-state index < -0.39 is 35.1 Å². The van der Waals surface area contributed by atoms with E-state index in [-0.39, 0.29) is 32.2 Å². The quantitative estimate of drug-likeness (QED) is 0.186. The van der Waals surface area contributed by atoms with Crippen molar-refractivity contribution in [2.24, 2.45) is 5.92 Å². The molecule has 2 rings (SSSR count). The van der Waals surface area contributed by atoms with E-state index >= 15 is 0 Å². The lowest BCUT2D eigenvalue weighted by atomic mass is 9.90. The SMILES string of the molecule is CCOC(=O)C1(C)OCC(CCCCC(NC(=O)c2ccccc2)(C(=O)OCC)C(=O)OCC)CO1. The van der Waals surface area contributed by atoms with Gasteiger partial charge in [-0.2, -0.15) is 0 Å². The number of carbonyl (C=O) groups is 4. The molecule has 0 atom stereocenters. The third-order valence-corrected chi connectivity index (χ3v) is 5.86. The first kappa shape index (κ1) is 29.3. The van der Waals surface area contributed by atoms with Gasteiger partial charge in [-0.05, 0) is 52.2 Å². The standard InChI is InChI=1S/C26H37NO9/c1-5-32-22(29)25(4)35-17-19(18-36-25)13-11-12-16-26(23(30)33-6-2,24(31)34-7-3)27-21(28)20-14-9-8-10-15-20/h8-10,14-15,19H,5-7,11-13,16-18H2,1-4H3,(H,27,28). The summed E-state index contributed by atoms with van der Waals surface area (Å²) in [7, 11) is 0. The molecule has 1 aliphatic heterocycles. The molecule has 1 aromatic rings. The van der Waals surface area contributed by atoms with Crippen LogP contribution in [0.25, 0.3) is 0 Å². The summed E-state index contributed by atoms with van der Waals surface area (Å²) in [6, 6.07) is 8.31. The van der Waals surface area contributed by atoms with Crippen molar-refractivity contribution < 1.29 is 42.9 Å². The normalized spacial score (nSPS) is 19.7. The largest absolute Gasteiger partial charge is 0.464 e. The van der Waals surface area contributed by atoms with Gasteiger partial charge in [0.1, 0.15) is 0 Å². The molecule has 36 heavy (non-hydrogen) atoms. The fraction of sp³-hybridized carbons (Fsp3) is 0.615. The van der Waals surface area contributed by atoms with Crippen LogP contribution in [0, 0.1) is 5.92 Å². The Kier molecular flexibility index (Phi) is 11.3. The van der Waals surface area contributed by atoms with Gasteiger partial charge in [-0.25, -0.2) is 14.4 Å². The minimum atomic E-state index is -1.97. The lowest BCUT2D eigenvalue weighted by molar-refractivity contribution is -0.274. The predicted octanol–water partition coefficient (Wildman–Crippen LogP) is 2.78. The van der Waals surface area contributed by atoms with Gasteiger partial charge < -0.3 is 29.0 Å². The number of unbranched alkanes of at least 4 members (excludes halogenated alkanes) is 1. The highest BCUT2D eigenvalue weighted by Crippen LogP contribution is 2.27. The molecule has 1 aliphatic rings. The van der Waals surface area contributed by atoms with Gasteiger partial charge in [-0.3, -0.25) is 4.79 Å². The molecule has 1 N–H and O–H groups in total. The van der Waals surface area contributed by atoms with E-state index in [0.717, 1.165) is 0 Å². The van der Waals surface area contributed by atoms with E-state index in [1.165, 1.54) is 6.92 Å². The van der Waals surface area contributed by atoms with E-state index in [1.807, 2.05) is 0 Å². The fourth-order valence-electron chi connectivity index (χ4n) is 3.83. The summed E-state index contributed by atoms with van der Waals surface area (Å²) >= 11 is 0. The number of rotatable bonds is 13. The van der Waals surface area contributed by atoms with Crippen LogP contribution in [-0.4, -0.2) is 68.2 Å². The Labute approximate surface area is 211 Å². The molecule has 0 aromatic heterocycles. The topological polar surface area (TPSA) is 126 Å². The molecule has 1 fully saturated rings. The van der Waals surface area contributed by atoms with Crippen molar-refractivity contribution in [2.75, 3.05) is 33.0 Å². The molecule has 0 radical (unpaired) electrons.